The molecule has 0 bridgehead atoms. The molecule has 3 rings (SSSR count). The van der Waals surface area contributed by atoms with E-state index in [1.165, 1.54) is 14.2 Å². The molecular weight excluding hydrogens is 720 g/mol. The minimum Gasteiger partial charge on any atom is -0.468 e. The number of ether oxygens (including phenoxy) is 2. The second-order valence-corrected chi connectivity index (χ2v) is 26.6. The Morgan fingerprint density at radius 2 is 1.27 bits per heavy atom. The fraction of sp³-hybridized carbons (Fsp3) is 0.564. The molecule has 2 atom stereocenters. The molecular formula is C39H62Cl2N2O6Si2. The fourth-order valence-corrected chi connectivity index (χ4v) is 6.91. The Kier molecular flexibility index (Phi) is 18.0. The van der Waals surface area contributed by atoms with E-state index in [1.807, 2.05) is 31.2 Å². The summed E-state index contributed by atoms with van der Waals surface area (Å²) in [7, 11) is -0.730. The molecule has 12 heteroatoms. The lowest BCUT2D eigenvalue weighted by Gasteiger charge is -2.37. The lowest BCUT2D eigenvalue weighted by Crippen LogP contribution is -2.43. The van der Waals surface area contributed by atoms with Crippen molar-refractivity contribution >= 4 is 57.5 Å². The predicted octanol–water partition coefficient (Wildman–Crippen LogP) is 10.9. The van der Waals surface area contributed by atoms with Gasteiger partial charge in [-0.2, -0.15) is 4.79 Å². The minimum absolute atomic E-state index is 0. The Bertz CT molecular complexity index is 1530. The zero-order chi connectivity index (χ0) is 38.9. The van der Waals surface area contributed by atoms with Gasteiger partial charge in [0.25, 0.3) is 0 Å². The summed E-state index contributed by atoms with van der Waals surface area (Å²) in [6, 6.07) is 13.8. The summed E-state index contributed by atoms with van der Waals surface area (Å²) in [5.41, 5.74) is 10.1. The van der Waals surface area contributed by atoms with Crippen LogP contribution in [-0.2, 0) is 33.3 Å². The van der Waals surface area contributed by atoms with E-state index < -0.39 is 28.0 Å². The van der Waals surface area contributed by atoms with Crippen LogP contribution in [0.5, 0.6) is 0 Å². The fourth-order valence-electron chi connectivity index (χ4n) is 4.51. The number of hydrogen-bond acceptors (Lipinski definition) is 6. The van der Waals surface area contributed by atoms with Gasteiger partial charge in [0.2, 0.25) is 0 Å². The van der Waals surface area contributed by atoms with Gasteiger partial charge < -0.3 is 23.9 Å². The largest absolute Gasteiger partial charge is 0.468 e. The Hall–Kier alpha value is -2.57. The maximum atomic E-state index is 12.6. The maximum absolute atomic E-state index is 12.6. The molecule has 0 radical (unpaired) electrons. The molecule has 0 saturated heterocycles. The van der Waals surface area contributed by atoms with Gasteiger partial charge in [0, 0.05) is 22.1 Å². The van der Waals surface area contributed by atoms with E-state index in [-0.39, 0.29) is 29.6 Å². The predicted molar refractivity (Wildman–Crippen MR) is 217 cm³/mol. The molecule has 1 unspecified atom stereocenters. The zero-order valence-electron chi connectivity index (χ0n) is 32.5. The van der Waals surface area contributed by atoms with Crippen LogP contribution in [0.3, 0.4) is 0 Å². The van der Waals surface area contributed by atoms with Crippen molar-refractivity contribution in [2.75, 3.05) is 27.4 Å². The van der Waals surface area contributed by atoms with Gasteiger partial charge >= 0.3 is 17.7 Å². The van der Waals surface area contributed by atoms with Crippen LogP contribution >= 0.6 is 23.2 Å². The van der Waals surface area contributed by atoms with Crippen molar-refractivity contribution in [3.8, 4) is 0 Å². The van der Waals surface area contributed by atoms with Crippen LogP contribution in [0, 0.1) is 5.41 Å². The quantitative estimate of drug-likeness (QED) is 0.0593. The average molecular weight is 782 g/mol. The molecule has 1 saturated carbocycles. The molecule has 286 valence electrons. The lowest BCUT2D eigenvalue weighted by atomic mass is 9.87. The summed E-state index contributed by atoms with van der Waals surface area (Å²) in [6.45, 7) is 31.7. The van der Waals surface area contributed by atoms with E-state index in [1.54, 1.807) is 24.3 Å². The molecule has 0 aromatic heterocycles. The van der Waals surface area contributed by atoms with Gasteiger partial charge in [-0.05, 0) is 91.6 Å². The number of nitrogens with zero attached hydrogens (tertiary/aromatic N) is 2. The minimum atomic E-state index is -1.87. The van der Waals surface area contributed by atoms with Crippen molar-refractivity contribution in [1.29, 1.82) is 0 Å². The van der Waals surface area contributed by atoms with Crippen LogP contribution in [-0.4, -0.2) is 66.5 Å². The number of hydrogen-bond donors (Lipinski definition) is 0. The highest BCUT2D eigenvalue weighted by Gasteiger charge is 2.71. The number of esters is 2. The van der Waals surface area contributed by atoms with E-state index in [9.17, 15) is 9.59 Å². The van der Waals surface area contributed by atoms with Crippen molar-refractivity contribution in [2.45, 2.75) is 111 Å². The van der Waals surface area contributed by atoms with Crippen molar-refractivity contribution < 1.29 is 32.7 Å². The molecule has 1 aliphatic carbocycles. The van der Waals surface area contributed by atoms with Crippen LogP contribution in [0.25, 0.3) is 5.53 Å². The highest BCUT2D eigenvalue weighted by molar-refractivity contribution is 6.74. The van der Waals surface area contributed by atoms with Gasteiger partial charge in [0.1, 0.15) is 5.41 Å². The van der Waals surface area contributed by atoms with E-state index in [0.29, 0.717) is 27.3 Å². The van der Waals surface area contributed by atoms with Gasteiger partial charge in [0.15, 0.2) is 16.6 Å². The Balaban J connectivity index is 0.000000793. The normalized spacial score (nSPS) is 18.3. The Morgan fingerprint density at radius 1 is 0.843 bits per heavy atom. The first-order valence-corrected chi connectivity index (χ1v) is 23.2. The SMILES string of the molecule is C.C=C(C)CO[Si](C)(C)C(C)(C)C.COC(=O)C(=[N+]=[N-])c1ccc(Cl)cc1.COC(=O)[C@@]1(c2ccc(Cl)cc2)CC1(C)CO[Si](C)(C)C(C)(C)C. The molecule has 8 nitrogen and oxygen atoms in total. The molecule has 0 amide bonds. The molecule has 0 heterocycles. The maximum Gasteiger partial charge on any atom is 0.422 e. The molecule has 51 heavy (non-hydrogen) atoms. The standard InChI is InChI=1S/C19H29ClO3Si.C10H22OSi.C9H7ClN2O2.CH4/c1-17(2,3)24(6,7)23-13-18(4)12-19(18,16(21)22-5)14-8-10-15(20)11-9-14;1-9(2)8-11-12(6,7)10(3,4)5;1-14-9(13)8(12-11)6-2-4-7(10)5-3-6;/h8-11H,12-13H2,1-7H3;1,8H2,2-7H3;2-5H,1H3;1H4/t18?,19-;;;/m0.../s1. The van der Waals surface area contributed by atoms with Crippen LogP contribution in [0.2, 0.25) is 46.3 Å². The molecule has 0 spiro atoms. The van der Waals surface area contributed by atoms with E-state index >= 15 is 0 Å². The molecule has 0 N–H and O–H groups in total. The first kappa shape index (κ1) is 48.4. The second-order valence-electron chi connectivity index (χ2n) is 16.1. The highest BCUT2D eigenvalue weighted by Crippen LogP contribution is 2.65. The molecule has 2 aromatic rings. The average Bonchev–Trinajstić information content (AvgIpc) is 3.66. The number of benzene rings is 2. The second kappa shape index (κ2) is 19.0. The van der Waals surface area contributed by atoms with Crippen molar-refractivity contribution in [3.05, 3.63) is 87.4 Å². The third kappa shape index (κ3) is 12.8. The summed E-state index contributed by atoms with van der Waals surface area (Å²) < 4.78 is 21.9. The topological polar surface area (TPSA) is 107 Å². The van der Waals surface area contributed by atoms with Crippen molar-refractivity contribution in [1.82, 2.24) is 0 Å². The first-order valence-electron chi connectivity index (χ1n) is 16.6. The van der Waals surface area contributed by atoms with Gasteiger partial charge in [0.05, 0.1) is 26.4 Å². The number of carbonyl (C=O) groups is 2. The van der Waals surface area contributed by atoms with Gasteiger partial charge in [-0.25, -0.2) is 4.79 Å². The van der Waals surface area contributed by atoms with Gasteiger partial charge in [-0.1, -0.05) is 103 Å². The number of carbonyl (C=O) groups excluding carboxylic acids is 2. The van der Waals surface area contributed by atoms with E-state index in [4.69, 9.17) is 42.3 Å². The van der Waals surface area contributed by atoms with Crippen LogP contribution in [0.15, 0.2) is 60.7 Å². The van der Waals surface area contributed by atoms with Crippen molar-refractivity contribution in [3.63, 3.8) is 0 Å². The number of halogens is 2. The first-order chi connectivity index (χ1) is 22.7. The Morgan fingerprint density at radius 3 is 1.65 bits per heavy atom. The summed E-state index contributed by atoms with van der Waals surface area (Å²) >= 11 is 11.7. The number of rotatable bonds is 10. The summed E-state index contributed by atoms with van der Waals surface area (Å²) in [4.78, 5) is 26.6. The summed E-state index contributed by atoms with van der Waals surface area (Å²) in [6.07, 6.45) is 0.739. The molecule has 1 aliphatic rings. The smallest absolute Gasteiger partial charge is 0.422 e. The van der Waals surface area contributed by atoms with Crippen molar-refractivity contribution in [2.24, 2.45) is 5.41 Å². The van der Waals surface area contributed by atoms with Crippen LogP contribution in [0.1, 0.15) is 80.4 Å². The Labute approximate surface area is 320 Å². The third-order valence-corrected chi connectivity index (χ3v) is 19.5. The van der Waals surface area contributed by atoms with Crippen LogP contribution < -0.4 is 0 Å². The molecule has 0 aliphatic heterocycles. The van der Waals surface area contributed by atoms with Gasteiger partial charge in [-0.15, -0.1) is 0 Å². The number of methoxy groups -OCH3 is 2. The monoisotopic (exact) mass is 780 g/mol. The van der Waals surface area contributed by atoms with Crippen LogP contribution in [0.4, 0.5) is 0 Å². The summed E-state index contributed by atoms with van der Waals surface area (Å²) in [5, 5.41) is 1.66. The summed E-state index contributed by atoms with van der Waals surface area (Å²) in [5.74, 6) is -0.888. The van der Waals surface area contributed by atoms with E-state index in [2.05, 4.69) is 90.8 Å². The highest BCUT2D eigenvalue weighted by atomic mass is 35.5. The molecule has 1 fully saturated rings. The third-order valence-electron chi connectivity index (χ3n) is 10.1. The van der Waals surface area contributed by atoms with Gasteiger partial charge in [-0.3, -0.25) is 4.79 Å². The van der Waals surface area contributed by atoms with E-state index in [0.717, 1.165) is 24.2 Å². The lowest BCUT2D eigenvalue weighted by molar-refractivity contribution is -0.145. The zero-order valence-corrected chi connectivity index (χ0v) is 36.1. The molecule has 2 aromatic carbocycles.